The van der Waals surface area contributed by atoms with Gasteiger partial charge in [0.15, 0.2) is 4.77 Å². The Balaban J connectivity index is 2.27. The molecule has 1 aliphatic rings. The molecule has 1 aromatic rings. The largest absolute Gasteiger partial charge is 0.494 e. The van der Waals surface area contributed by atoms with E-state index in [-0.39, 0.29) is 38.7 Å². The molecule has 1 saturated carbocycles. The zero-order valence-corrected chi connectivity index (χ0v) is 15.9. The summed E-state index contributed by atoms with van der Waals surface area (Å²) >= 11 is 5.09. The van der Waals surface area contributed by atoms with Crippen molar-refractivity contribution in [3.8, 4) is 5.88 Å². The van der Waals surface area contributed by atoms with Crippen LogP contribution in [0, 0.1) is 15.6 Å². The minimum atomic E-state index is -0.367. The lowest BCUT2D eigenvalue weighted by molar-refractivity contribution is -0.00472. The molecule has 2 N–H and O–H groups in total. The molecular weight excluding hydrogens is 326 g/mol. The fraction of sp³-hybridized carbons (Fsp3) is 0.706. The molecule has 0 saturated heterocycles. The summed E-state index contributed by atoms with van der Waals surface area (Å²) in [5.41, 5.74) is -0.295. The van der Waals surface area contributed by atoms with Crippen LogP contribution in [0.4, 0.5) is 0 Å². The van der Waals surface area contributed by atoms with Crippen molar-refractivity contribution in [1.82, 2.24) is 9.13 Å². The highest BCUT2D eigenvalue weighted by atomic mass is 32.1. The van der Waals surface area contributed by atoms with E-state index in [0.717, 1.165) is 12.8 Å². The van der Waals surface area contributed by atoms with Crippen LogP contribution in [0.25, 0.3) is 0 Å². The molecule has 2 atom stereocenters. The maximum atomic E-state index is 12.3. The third-order valence-corrected chi connectivity index (χ3v) is 5.33. The van der Waals surface area contributed by atoms with Crippen molar-refractivity contribution in [2.75, 3.05) is 6.54 Å². The monoisotopic (exact) mass is 353 g/mol. The lowest BCUT2D eigenvalue weighted by Gasteiger charge is -2.44. The van der Waals surface area contributed by atoms with Gasteiger partial charge in [-0.05, 0) is 42.3 Å². The van der Waals surface area contributed by atoms with Crippen LogP contribution in [0.2, 0.25) is 0 Å². The number of aliphatic imine (C=N–C) groups is 1. The van der Waals surface area contributed by atoms with E-state index in [1.54, 1.807) is 14.1 Å². The minimum absolute atomic E-state index is 0.0661. The van der Waals surface area contributed by atoms with Crippen LogP contribution in [0.15, 0.2) is 9.79 Å². The van der Waals surface area contributed by atoms with Gasteiger partial charge in [0.25, 0.3) is 5.56 Å². The predicted molar refractivity (Wildman–Crippen MR) is 97.4 cm³/mol. The Bertz CT molecular complexity index is 779. The molecule has 1 aliphatic carbocycles. The van der Waals surface area contributed by atoms with Gasteiger partial charge in [0, 0.05) is 26.9 Å². The van der Waals surface area contributed by atoms with Gasteiger partial charge in [-0.15, -0.1) is 0 Å². The molecule has 0 spiro atoms. The fourth-order valence-corrected chi connectivity index (χ4v) is 4.20. The van der Waals surface area contributed by atoms with Crippen LogP contribution in [0.5, 0.6) is 5.88 Å². The van der Waals surface area contributed by atoms with E-state index in [9.17, 15) is 15.0 Å². The maximum absolute atomic E-state index is 12.3. The second kappa shape index (κ2) is 6.44. The number of aromatic hydroxyl groups is 1. The number of hydrogen-bond acceptors (Lipinski definition) is 5. The molecule has 7 heteroatoms. The first-order chi connectivity index (χ1) is 11.0. The molecule has 0 amide bonds. The van der Waals surface area contributed by atoms with E-state index < -0.39 is 0 Å². The molecule has 1 heterocycles. The number of nitrogens with zero attached hydrogens (tertiary/aromatic N) is 3. The van der Waals surface area contributed by atoms with Crippen molar-refractivity contribution in [1.29, 1.82) is 0 Å². The fourth-order valence-electron chi connectivity index (χ4n) is 4.03. The van der Waals surface area contributed by atoms with Gasteiger partial charge in [-0.1, -0.05) is 20.8 Å². The van der Waals surface area contributed by atoms with Crippen LogP contribution in [-0.2, 0) is 14.1 Å². The molecule has 0 bridgehead atoms. The summed E-state index contributed by atoms with van der Waals surface area (Å²) in [6, 6.07) is 0. The van der Waals surface area contributed by atoms with Gasteiger partial charge in [-0.3, -0.25) is 18.9 Å². The van der Waals surface area contributed by atoms with E-state index in [1.165, 1.54) is 15.3 Å². The van der Waals surface area contributed by atoms with E-state index in [4.69, 9.17) is 12.2 Å². The minimum Gasteiger partial charge on any atom is -0.494 e. The molecular formula is C17H27N3O3S. The van der Waals surface area contributed by atoms with Gasteiger partial charge in [-0.25, -0.2) is 0 Å². The molecule has 1 aromatic heterocycles. The number of rotatable bonds is 3. The quantitative estimate of drug-likeness (QED) is 0.645. The Hall–Kier alpha value is -1.47. The van der Waals surface area contributed by atoms with Gasteiger partial charge < -0.3 is 10.2 Å². The SMILES string of the molecule is Cn1c(O)c(C=NC[C@@]2(C)C[C@@H](O)CC(C)(C)C2)c(=O)n(C)c1=S. The summed E-state index contributed by atoms with van der Waals surface area (Å²) in [5, 5.41) is 20.3. The molecule has 0 radical (unpaired) electrons. The van der Waals surface area contributed by atoms with Gasteiger partial charge in [0.05, 0.1) is 6.10 Å². The van der Waals surface area contributed by atoms with Gasteiger partial charge in [-0.2, -0.15) is 0 Å². The van der Waals surface area contributed by atoms with E-state index in [0.29, 0.717) is 13.0 Å². The van der Waals surface area contributed by atoms with E-state index in [2.05, 4.69) is 25.8 Å². The molecule has 0 aromatic carbocycles. The smallest absolute Gasteiger partial charge is 0.266 e. The van der Waals surface area contributed by atoms with Crippen LogP contribution in [0.3, 0.4) is 0 Å². The Morgan fingerprint density at radius 1 is 1.29 bits per heavy atom. The zero-order chi connectivity index (χ0) is 18.3. The van der Waals surface area contributed by atoms with Crippen molar-refractivity contribution in [3.63, 3.8) is 0 Å². The summed E-state index contributed by atoms with van der Waals surface area (Å²) in [6.45, 7) is 6.91. The number of aliphatic hydroxyl groups is 1. The Kier molecular flexibility index (Phi) is 5.06. The highest BCUT2D eigenvalue weighted by molar-refractivity contribution is 7.71. The molecule has 2 rings (SSSR count). The summed E-state index contributed by atoms with van der Waals surface area (Å²) in [5.74, 6) is -0.180. The maximum Gasteiger partial charge on any atom is 0.266 e. The Morgan fingerprint density at radius 2 is 1.92 bits per heavy atom. The highest BCUT2D eigenvalue weighted by Gasteiger charge is 2.40. The second-order valence-electron chi connectivity index (χ2n) is 8.13. The molecule has 0 unspecified atom stereocenters. The molecule has 24 heavy (non-hydrogen) atoms. The topological polar surface area (TPSA) is 79.8 Å². The van der Waals surface area contributed by atoms with Gasteiger partial charge in [0.1, 0.15) is 5.56 Å². The van der Waals surface area contributed by atoms with E-state index in [1.807, 2.05) is 0 Å². The molecule has 1 fully saturated rings. The van der Waals surface area contributed by atoms with Gasteiger partial charge in [0.2, 0.25) is 5.88 Å². The Morgan fingerprint density at radius 3 is 2.50 bits per heavy atom. The summed E-state index contributed by atoms with van der Waals surface area (Å²) in [7, 11) is 3.18. The molecule has 6 nitrogen and oxygen atoms in total. The van der Waals surface area contributed by atoms with E-state index >= 15 is 0 Å². The van der Waals surface area contributed by atoms with Crippen molar-refractivity contribution < 1.29 is 10.2 Å². The third kappa shape index (κ3) is 3.78. The van der Waals surface area contributed by atoms with Crippen molar-refractivity contribution in [2.45, 2.75) is 46.1 Å². The lowest BCUT2D eigenvalue weighted by atomic mass is 9.63. The van der Waals surface area contributed by atoms with Crippen LogP contribution >= 0.6 is 12.2 Å². The Labute approximate surface area is 147 Å². The standard InChI is InChI=1S/C17H27N3O3S/c1-16(2)6-11(21)7-17(3,9-16)10-18-8-12-13(22)19(4)15(24)20(5)14(12)23/h8,11,21-22H,6-7,9-10H2,1-5H3/t11-,17-/m0/s1. The van der Waals surface area contributed by atoms with Crippen molar-refractivity contribution in [2.24, 2.45) is 29.9 Å². The summed E-state index contributed by atoms with van der Waals surface area (Å²) in [4.78, 5) is 16.7. The average molecular weight is 353 g/mol. The van der Waals surface area contributed by atoms with Crippen LogP contribution in [-0.4, -0.2) is 38.2 Å². The average Bonchev–Trinajstić information content (AvgIpc) is 2.44. The lowest BCUT2D eigenvalue weighted by Crippen LogP contribution is -2.40. The predicted octanol–water partition coefficient (Wildman–Crippen LogP) is 2.16. The first kappa shape index (κ1) is 18.9. The zero-order valence-electron chi connectivity index (χ0n) is 15.0. The van der Waals surface area contributed by atoms with Crippen LogP contribution in [0.1, 0.15) is 45.6 Å². The first-order valence-electron chi connectivity index (χ1n) is 8.13. The van der Waals surface area contributed by atoms with Crippen LogP contribution < -0.4 is 5.56 Å². The third-order valence-electron chi connectivity index (χ3n) is 4.78. The summed E-state index contributed by atoms with van der Waals surface area (Å²) in [6.07, 6.45) is 3.54. The number of hydrogen-bond donors (Lipinski definition) is 2. The highest BCUT2D eigenvalue weighted by Crippen LogP contribution is 2.46. The molecule has 0 aliphatic heterocycles. The summed E-state index contributed by atoms with van der Waals surface area (Å²) < 4.78 is 2.94. The normalized spacial score (nSPS) is 26.8. The van der Waals surface area contributed by atoms with Gasteiger partial charge >= 0.3 is 0 Å². The van der Waals surface area contributed by atoms with Crippen molar-refractivity contribution in [3.05, 3.63) is 20.7 Å². The second-order valence-corrected chi connectivity index (χ2v) is 8.49. The molecule has 134 valence electrons. The number of aliphatic hydroxyl groups excluding tert-OH is 1. The number of aromatic nitrogens is 2. The van der Waals surface area contributed by atoms with Crippen molar-refractivity contribution >= 4 is 18.4 Å². The first-order valence-corrected chi connectivity index (χ1v) is 8.53.